The maximum absolute atomic E-state index is 11.8. The van der Waals surface area contributed by atoms with Gasteiger partial charge in [0.25, 0.3) is 0 Å². The van der Waals surface area contributed by atoms with Crippen molar-refractivity contribution in [3.63, 3.8) is 0 Å². The fourth-order valence-corrected chi connectivity index (χ4v) is 2.16. The number of hydrogen-bond acceptors (Lipinski definition) is 3. The SMILES string of the molecule is CCNC(COC)CN1CCCCCC1=O. The molecule has 0 radical (unpaired) electrons. The van der Waals surface area contributed by atoms with Crippen molar-refractivity contribution in [3.8, 4) is 0 Å². The van der Waals surface area contributed by atoms with Crippen molar-refractivity contribution in [2.45, 2.75) is 38.6 Å². The third kappa shape index (κ3) is 4.49. The van der Waals surface area contributed by atoms with Gasteiger partial charge in [-0.25, -0.2) is 0 Å². The Labute approximate surface area is 98.3 Å². The lowest BCUT2D eigenvalue weighted by Gasteiger charge is -2.26. The van der Waals surface area contributed by atoms with Crippen LogP contribution in [0.3, 0.4) is 0 Å². The Hall–Kier alpha value is -0.610. The van der Waals surface area contributed by atoms with E-state index in [1.54, 1.807) is 7.11 Å². The number of amides is 1. The summed E-state index contributed by atoms with van der Waals surface area (Å²) in [5.74, 6) is 0.302. The predicted octanol–water partition coefficient (Wildman–Crippen LogP) is 1.01. The number of carbonyl (C=O) groups is 1. The number of rotatable bonds is 6. The summed E-state index contributed by atoms with van der Waals surface area (Å²) in [4.78, 5) is 13.8. The van der Waals surface area contributed by atoms with Gasteiger partial charge in [0.05, 0.1) is 6.61 Å². The molecule has 1 heterocycles. The zero-order valence-electron chi connectivity index (χ0n) is 10.5. The molecule has 1 fully saturated rings. The summed E-state index contributed by atoms with van der Waals surface area (Å²) in [7, 11) is 1.70. The van der Waals surface area contributed by atoms with Gasteiger partial charge < -0.3 is 15.0 Å². The summed E-state index contributed by atoms with van der Waals surface area (Å²) in [6, 6.07) is 0.261. The second-order valence-electron chi connectivity index (χ2n) is 4.36. The molecule has 94 valence electrons. The summed E-state index contributed by atoms with van der Waals surface area (Å²) in [5, 5.41) is 3.35. The zero-order chi connectivity index (χ0) is 11.8. The minimum atomic E-state index is 0.261. The summed E-state index contributed by atoms with van der Waals surface area (Å²) >= 11 is 0. The van der Waals surface area contributed by atoms with Crippen molar-refractivity contribution >= 4 is 5.91 Å². The standard InChI is InChI=1S/C12H24N2O2/c1-3-13-11(10-16-2)9-14-8-6-4-5-7-12(14)15/h11,13H,3-10H2,1-2H3. The zero-order valence-corrected chi connectivity index (χ0v) is 10.5. The molecule has 4 nitrogen and oxygen atoms in total. The molecule has 1 amide bonds. The van der Waals surface area contributed by atoms with E-state index in [-0.39, 0.29) is 6.04 Å². The quantitative estimate of drug-likeness (QED) is 0.738. The normalized spacial score (nSPS) is 19.6. The van der Waals surface area contributed by atoms with E-state index in [4.69, 9.17) is 4.74 Å². The van der Waals surface area contributed by atoms with Crippen LogP contribution in [0.1, 0.15) is 32.6 Å². The number of hydrogen-bond donors (Lipinski definition) is 1. The van der Waals surface area contributed by atoms with Gasteiger partial charge in [0, 0.05) is 32.7 Å². The van der Waals surface area contributed by atoms with Crippen LogP contribution in [0.4, 0.5) is 0 Å². The Bertz CT molecular complexity index is 203. The molecule has 0 bridgehead atoms. The van der Waals surface area contributed by atoms with Crippen LogP contribution in [-0.2, 0) is 9.53 Å². The lowest BCUT2D eigenvalue weighted by atomic mass is 10.2. The van der Waals surface area contributed by atoms with E-state index >= 15 is 0 Å². The van der Waals surface area contributed by atoms with Gasteiger partial charge >= 0.3 is 0 Å². The molecular weight excluding hydrogens is 204 g/mol. The molecule has 1 atom stereocenters. The van der Waals surface area contributed by atoms with E-state index in [0.717, 1.165) is 32.5 Å². The van der Waals surface area contributed by atoms with Gasteiger partial charge in [-0.3, -0.25) is 4.79 Å². The fourth-order valence-electron chi connectivity index (χ4n) is 2.16. The molecule has 4 heteroatoms. The van der Waals surface area contributed by atoms with Gasteiger partial charge in [-0.05, 0) is 19.4 Å². The highest BCUT2D eigenvalue weighted by Crippen LogP contribution is 2.11. The van der Waals surface area contributed by atoms with Crippen LogP contribution in [0.2, 0.25) is 0 Å². The molecule has 0 aromatic rings. The first-order chi connectivity index (χ1) is 7.77. The van der Waals surface area contributed by atoms with Crippen LogP contribution in [0.15, 0.2) is 0 Å². The first kappa shape index (κ1) is 13.5. The van der Waals surface area contributed by atoms with Gasteiger partial charge in [-0.2, -0.15) is 0 Å². The van der Waals surface area contributed by atoms with Gasteiger partial charge in [-0.15, -0.1) is 0 Å². The first-order valence-corrected chi connectivity index (χ1v) is 6.28. The lowest BCUT2D eigenvalue weighted by molar-refractivity contribution is -0.131. The van der Waals surface area contributed by atoms with E-state index in [1.165, 1.54) is 6.42 Å². The number of likely N-dealkylation sites (tertiary alicyclic amines) is 1. The molecule has 0 spiro atoms. The molecule has 1 rings (SSSR count). The minimum Gasteiger partial charge on any atom is -0.383 e. The van der Waals surface area contributed by atoms with E-state index in [1.807, 2.05) is 4.90 Å². The molecule has 1 aliphatic heterocycles. The maximum atomic E-state index is 11.8. The second kappa shape index (κ2) is 7.63. The van der Waals surface area contributed by atoms with Crippen molar-refractivity contribution in [2.24, 2.45) is 0 Å². The largest absolute Gasteiger partial charge is 0.383 e. The van der Waals surface area contributed by atoms with Crippen molar-refractivity contribution in [1.29, 1.82) is 0 Å². The minimum absolute atomic E-state index is 0.261. The molecule has 1 saturated heterocycles. The van der Waals surface area contributed by atoms with E-state index in [0.29, 0.717) is 18.9 Å². The van der Waals surface area contributed by atoms with Gasteiger partial charge in [0.2, 0.25) is 5.91 Å². The number of carbonyl (C=O) groups excluding carboxylic acids is 1. The molecule has 0 aliphatic carbocycles. The third-order valence-electron chi connectivity index (χ3n) is 2.97. The molecule has 1 unspecified atom stereocenters. The second-order valence-corrected chi connectivity index (χ2v) is 4.36. The van der Waals surface area contributed by atoms with Crippen LogP contribution >= 0.6 is 0 Å². The van der Waals surface area contributed by atoms with E-state index in [9.17, 15) is 4.79 Å². The fraction of sp³-hybridized carbons (Fsp3) is 0.917. The Morgan fingerprint density at radius 3 is 2.94 bits per heavy atom. The smallest absolute Gasteiger partial charge is 0.222 e. The molecule has 16 heavy (non-hydrogen) atoms. The lowest BCUT2D eigenvalue weighted by Crippen LogP contribution is -2.45. The molecule has 1 aliphatic rings. The highest BCUT2D eigenvalue weighted by atomic mass is 16.5. The first-order valence-electron chi connectivity index (χ1n) is 6.28. The average molecular weight is 228 g/mol. The van der Waals surface area contributed by atoms with Crippen LogP contribution < -0.4 is 5.32 Å². The molecular formula is C12H24N2O2. The maximum Gasteiger partial charge on any atom is 0.222 e. The number of methoxy groups -OCH3 is 1. The number of likely N-dealkylation sites (N-methyl/N-ethyl adjacent to an activating group) is 1. The molecule has 0 aromatic carbocycles. The Balaban J connectivity index is 2.43. The third-order valence-corrected chi connectivity index (χ3v) is 2.97. The monoisotopic (exact) mass is 228 g/mol. The van der Waals surface area contributed by atoms with Crippen LogP contribution in [0.25, 0.3) is 0 Å². The Kier molecular flexibility index (Phi) is 6.42. The Morgan fingerprint density at radius 2 is 2.25 bits per heavy atom. The van der Waals surface area contributed by atoms with E-state index in [2.05, 4.69) is 12.2 Å². The highest BCUT2D eigenvalue weighted by molar-refractivity contribution is 5.76. The molecule has 1 N–H and O–H groups in total. The summed E-state index contributed by atoms with van der Waals surface area (Å²) in [5.41, 5.74) is 0. The van der Waals surface area contributed by atoms with Crippen molar-refractivity contribution < 1.29 is 9.53 Å². The average Bonchev–Trinajstić information content (AvgIpc) is 2.45. The molecule has 0 aromatic heterocycles. The van der Waals surface area contributed by atoms with Crippen molar-refractivity contribution in [1.82, 2.24) is 10.2 Å². The number of ether oxygens (including phenoxy) is 1. The summed E-state index contributed by atoms with van der Waals surface area (Å²) < 4.78 is 5.16. The number of nitrogens with zero attached hydrogens (tertiary/aromatic N) is 1. The summed E-state index contributed by atoms with van der Waals surface area (Å²) in [6.45, 7) is 5.34. The van der Waals surface area contributed by atoms with Crippen molar-refractivity contribution in [3.05, 3.63) is 0 Å². The van der Waals surface area contributed by atoms with Gasteiger partial charge in [0.1, 0.15) is 0 Å². The molecule has 0 saturated carbocycles. The number of nitrogens with one attached hydrogen (secondary N) is 1. The van der Waals surface area contributed by atoms with E-state index < -0.39 is 0 Å². The van der Waals surface area contributed by atoms with Crippen LogP contribution in [0.5, 0.6) is 0 Å². The predicted molar refractivity (Wildman–Crippen MR) is 64.4 cm³/mol. The highest BCUT2D eigenvalue weighted by Gasteiger charge is 2.19. The summed E-state index contributed by atoms with van der Waals surface area (Å²) in [6.07, 6.45) is 4.08. The van der Waals surface area contributed by atoms with Gasteiger partial charge in [-0.1, -0.05) is 13.3 Å². The van der Waals surface area contributed by atoms with Gasteiger partial charge in [0.15, 0.2) is 0 Å². The topological polar surface area (TPSA) is 41.6 Å². The van der Waals surface area contributed by atoms with Crippen LogP contribution in [0, 0.1) is 0 Å². The van der Waals surface area contributed by atoms with Crippen molar-refractivity contribution in [2.75, 3.05) is 33.4 Å². The Morgan fingerprint density at radius 1 is 1.44 bits per heavy atom. The van der Waals surface area contributed by atoms with Crippen LogP contribution in [-0.4, -0.2) is 50.2 Å².